The Labute approximate surface area is 152 Å². The monoisotopic (exact) mass is 351 g/mol. The molecular weight excluding hydrogens is 334 g/mol. The quantitative estimate of drug-likeness (QED) is 0.535. The first-order valence-corrected chi connectivity index (χ1v) is 8.27. The summed E-state index contributed by atoms with van der Waals surface area (Å²) in [6.45, 7) is 0.449. The van der Waals surface area contributed by atoms with Crippen LogP contribution in [-0.2, 0) is 6.61 Å². The van der Waals surface area contributed by atoms with Crippen molar-refractivity contribution in [2.75, 3.05) is 7.11 Å². The highest BCUT2D eigenvalue weighted by Gasteiger charge is 2.06. The molecule has 3 rings (SSSR count). The minimum atomic E-state index is 0.449. The number of nitrogens with zero attached hydrogens (tertiary/aromatic N) is 1. The molecule has 0 radical (unpaired) electrons. The lowest BCUT2D eigenvalue weighted by molar-refractivity contribution is 0.284. The van der Waals surface area contributed by atoms with Crippen LogP contribution in [0.5, 0.6) is 11.5 Å². The van der Waals surface area contributed by atoms with Gasteiger partial charge in [-0.25, -0.2) is 0 Å². The van der Waals surface area contributed by atoms with E-state index in [-0.39, 0.29) is 0 Å². The lowest BCUT2D eigenvalue weighted by Crippen LogP contribution is -1.98. The van der Waals surface area contributed by atoms with Crippen molar-refractivity contribution in [2.45, 2.75) is 6.61 Å². The minimum Gasteiger partial charge on any atom is -0.493 e. The first-order valence-electron chi connectivity index (χ1n) is 7.89. The maximum atomic E-state index is 5.89. The Balaban J connectivity index is 1.71. The topological polar surface area (TPSA) is 30.8 Å². The third kappa shape index (κ3) is 4.85. The van der Waals surface area contributed by atoms with Crippen molar-refractivity contribution in [3.05, 3.63) is 88.9 Å². The van der Waals surface area contributed by atoms with Crippen molar-refractivity contribution < 1.29 is 9.47 Å². The van der Waals surface area contributed by atoms with Gasteiger partial charge in [-0.15, -0.1) is 0 Å². The maximum Gasteiger partial charge on any atom is 0.161 e. The van der Waals surface area contributed by atoms with Gasteiger partial charge >= 0.3 is 0 Å². The summed E-state index contributed by atoms with van der Waals surface area (Å²) < 4.78 is 11.3. The van der Waals surface area contributed by atoms with Gasteiger partial charge in [0.05, 0.1) is 12.8 Å². The maximum absolute atomic E-state index is 5.89. The van der Waals surface area contributed by atoms with Crippen molar-refractivity contribution in [1.29, 1.82) is 0 Å². The van der Waals surface area contributed by atoms with E-state index in [2.05, 4.69) is 4.99 Å². The van der Waals surface area contributed by atoms with E-state index in [1.54, 1.807) is 13.3 Å². The Bertz CT molecular complexity index is 846. The molecule has 0 aliphatic heterocycles. The molecule has 3 aromatic rings. The summed E-state index contributed by atoms with van der Waals surface area (Å²) in [7, 11) is 1.63. The number of aliphatic imine (C=N–C) groups is 1. The molecule has 0 N–H and O–H groups in total. The van der Waals surface area contributed by atoms with Crippen LogP contribution in [-0.4, -0.2) is 13.3 Å². The number of ether oxygens (including phenoxy) is 2. The fraction of sp³-hybridized carbons (Fsp3) is 0.0952. The molecule has 0 aromatic heterocycles. The van der Waals surface area contributed by atoms with Crippen LogP contribution in [0.15, 0.2) is 77.8 Å². The highest BCUT2D eigenvalue weighted by molar-refractivity contribution is 6.30. The van der Waals surface area contributed by atoms with Gasteiger partial charge in [0.15, 0.2) is 11.5 Å². The molecule has 0 saturated heterocycles. The van der Waals surface area contributed by atoms with Crippen LogP contribution >= 0.6 is 11.6 Å². The zero-order valence-corrected chi connectivity index (χ0v) is 14.6. The molecule has 0 heterocycles. The van der Waals surface area contributed by atoms with Gasteiger partial charge in [-0.1, -0.05) is 41.9 Å². The van der Waals surface area contributed by atoms with Gasteiger partial charge in [-0.3, -0.25) is 4.99 Å². The number of rotatable bonds is 6. The first-order chi connectivity index (χ1) is 12.2. The molecule has 3 aromatic carbocycles. The van der Waals surface area contributed by atoms with Crippen LogP contribution in [0.25, 0.3) is 0 Å². The van der Waals surface area contributed by atoms with Gasteiger partial charge < -0.3 is 9.47 Å². The molecule has 0 unspecified atom stereocenters. The van der Waals surface area contributed by atoms with E-state index in [9.17, 15) is 0 Å². The second-order valence-corrected chi connectivity index (χ2v) is 5.86. The van der Waals surface area contributed by atoms with Gasteiger partial charge in [0.1, 0.15) is 6.61 Å². The number of halogens is 1. The van der Waals surface area contributed by atoms with Crippen LogP contribution in [0.1, 0.15) is 11.1 Å². The molecule has 0 spiro atoms. The van der Waals surface area contributed by atoms with E-state index in [1.165, 1.54) is 0 Å². The third-order valence-electron chi connectivity index (χ3n) is 3.61. The largest absolute Gasteiger partial charge is 0.493 e. The number of hydrogen-bond donors (Lipinski definition) is 0. The van der Waals surface area contributed by atoms with Crippen LogP contribution in [0.2, 0.25) is 5.02 Å². The van der Waals surface area contributed by atoms with E-state index in [1.807, 2.05) is 72.8 Å². The molecule has 0 saturated carbocycles. The normalized spacial score (nSPS) is 10.8. The van der Waals surface area contributed by atoms with Gasteiger partial charge in [-0.2, -0.15) is 0 Å². The summed E-state index contributed by atoms with van der Waals surface area (Å²) in [6.07, 6.45) is 1.81. The zero-order chi connectivity index (χ0) is 17.5. The van der Waals surface area contributed by atoms with E-state index >= 15 is 0 Å². The first kappa shape index (κ1) is 17.1. The standard InChI is InChI=1S/C21H18ClNO2/c1-24-21-13-17(14-23-19-5-3-2-4-6-19)9-12-20(21)25-15-16-7-10-18(22)11-8-16/h2-14H,15H2,1H3. The molecule has 0 amide bonds. The molecule has 4 heteroatoms. The molecule has 0 aliphatic carbocycles. The molecule has 0 fully saturated rings. The number of methoxy groups -OCH3 is 1. The van der Waals surface area contributed by atoms with Crippen molar-refractivity contribution >= 4 is 23.5 Å². The second-order valence-electron chi connectivity index (χ2n) is 5.42. The summed E-state index contributed by atoms with van der Waals surface area (Å²) in [4.78, 5) is 4.45. The Hall–Kier alpha value is -2.78. The van der Waals surface area contributed by atoms with Crippen molar-refractivity contribution in [3.63, 3.8) is 0 Å². The highest BCUT2D eigenvalue weighted by atomic mass is 35.5. The SMILES string of the molecule is COc1cc(C=Nc2ccccc2)ccc1OCc1ccc(Cl)cc1. The van der Waals surface area contributed by atoms with Gasteiger partial charge in [0.25, 0.3) is 0 Å². The molecule has 0 bridgehead atoms. The lowest BCUT2D eigenvalue weighted by Gasteiger charge is -2.11. The van der Waals surface area contributed by atoms with E-state index < -0.39 is 0 Å². The van der Waals surface area contributed by atoms with Crippen molar-refractivity contribution in [1.82, 2.24) is 0 Å². The number of para-hydroxylation sites is 1. The summed E-state index contributed by atoms with van der Waals surface area (Å²) >= 11 is 5.89. The van der Waals surface area contributed by atoms with Crippen LogP contribution < -0.4 is 9.47 Å². The molecule has 126 valence electrons. The summed E-state index contributed by atoms with van der Waals surface area (Å²) in [5.41, 5.74) is 2.89. The van der Waals surface area contributed by atoms with Crippen molar-refractivity contribution in [2.24, 2.45) is 4.99 Å². The average molecular weight is 352 g/mol. The predicted molar refractivity (Wildman–Crippen MR) is 102 cm³/mol. The molecular formula is C21H18ClNO2. The fourth-order valence-corrected chi connectivity index (χ4v) is 2.41. The van der Waals surface area contributed by atoms with Crippen LogP contribution in [0, 0.1) is 0 Å². The van der Waals surface area contributed by atoms with Crippen molar-refractivity contribution in [3.8, 4) is 11.5 Å². The van der Waals surface area contributed by atoms with Gasteiger partial charge in [0.2, 0.25) is 0 Å². The molecule has 3 nitrogen and oxygen atoms in total. The second kappa shape index (κ2) is 8.36. The summed E-state index contributed by atoms with van der Waals surface area (Å²) in [5.74, 6) is 1.36. The van der Waals surface area contributed by atoms with E-state index in [4.69, 9.17) is 21.1 Å². The molecule has 0 atom stereocenters. The number of benzene rings is 3. The highest BCUT2D eigenvalue weighted by Crippen LogP contribution is 2.28. The van der Waals surface area contributed by atoms with E-state index in [0.29, 0.717) is 23.1 Å². The van der Waals surface area contributed by atoms with E-state index in [0.717, 1.165) is 16.8 Å². The fourth-order valence-electron chi connectivity index (χ4n) is 2.29. The smallest absolute Gasteiger partial charge is 0.161 e. The van der Waals surface area contributed by atoms with Crippen LogP contribution in [0.4, 0.5) is 5.69 Å². The van der Waals surface area contributed by atoms with Gasteiger partial charge in [-0.05, 0) is 53.6 Å². The Morgan fingerprint density at radius 2 is 1.68 bits per heavy atom. The Morgan fingerprint density at radius 1 is 0.920 bits per heavy atom. The third-order valence-corrected chi connectivity index (χ3v) is 3.87. The Kier molecular flexibility index (Phi) is 5.70. The summed E-state index contributed by atoms with van der Waals surface area (Å²) in [6, 6.07) is 23.1. The average Bonchev–Trinajstić information content (AvgIpc) is 2.67. The van der Waals surface area contributed by atoms with Gasteiger partial charge in [0, 0.05) is 11.2 Å². The van der Waals surface area contributed by atoms with Crippen LogP contribution in [0.3, 0.4) is 0 Å². The molecule has 0 aliphatic rings. The Morgan fingerprint density at radius 3 is 2.40 bits per heavy atom. The summed E-state index contributed by atoms with van der Waals surface area (Å²) in [5, 5.41) is 0.711. The number of hydrogen-bond acceptors (Lipinski definition) is 3. The molecule has 25 heavy (non-hydrogen) atoms. The predicted octanol–water partition coefficient (Wildman–Crippen LogP) is 5.68. The zero-order valence-electron chi connectivity index (χ0n) is 13.9. The minimum absolute atomic E-state index is 0.449. The lowest BCUT2D eigenvalue weighted by atomic mass is 10.2.